The number of hydrogen-bond acceptors (Lipinski definition) is 5. The molecular formula is C17H24O4S. The van der Waals surface area contributed by atoms with Gasteiger partial charge in [0.25, 0.3) is 0 Å². The van der Waals surface area contributed by atoms with Gasteiger partial charge in [0.1, 0.15) is 17.6 Å². The first-order chi connectivity index (χ1) is 10.7. The molecule has 0 aliphatic carbocycles. The van der Waals surface area contributed by atoms with Gasteiger partial charge >= 0.3 is 0 Å². The Morgan fingerprint density at radius 3 is 2.68 bits per heavy atom. The summed E-state index contributed by atoms with van der Waals surface area (Å²) in [4.78, 5) is 0. The summed E-state index contributed by atoms with van der Waals surface area (Å²) < 4.78 is 24.0. The van der Waals surface area contributed by atoms with Crippen LogP contribution in [0.25, 0.3) is 0 Å². The highest BCUT2D eigenvalue weighted by atomic mass is 32.2. The Labute approximate surface area is 136 Å². The van der Waals surface area contributed by atoms with Crippen LogP contribution in [0.4, 0.5) is 0 Å². The summed E-state index contributed by atoms with van der Waals surface area (Å²) in [6.07, 6.45) is -0.470. The van der Waals surface area contributed by atoms with Crippen LogP contribution >= 0.6 is 11.8 Å². The third-order valence-corrected chi connectivity index (χ3v) is 5.52. The highest BCUT2D eigenvalue weighted by Gasteiger charge is 2.48. The average molecular weight is 324 g/mol. The van der Waals surface area contributed by atoms with Gasteiger partial charge in [-0.25, -0.2) is 0 Å². The van der Waals surface area contributed by atoms with E-state index in [0.717, 1.165) is 11.3 Å². The first-order valence-corrected chi connectivity index (χ1v) is 8.91. The zero-order valence-corrected chi connectivity index (χ0v) is 14.1. The van der Waals surface area contributed by atoms with Crippen molar-refractivity contribution >= 4 is 11.8 Å². The van der Waals surface area contributed by atoms with Crippen molar-refractivity contribution in [1.29, 1.82) is 0 Å². The van der Waals surface area contributed by atoms with Crippen LogP contribution in [0.2, 0.25) is 0 Å². The highest BCUT2D eigenvalue weighted by Crippen LogP contribution is 2.40. The Balaban J connectivity index is 1.75. The molecule has 1 aromatic rings. The first kappa shape index (κ1) is 16.3. The van der Waals surface area contributed by atoms with E-state index in [2.05, 4.69) is 13.8 Å². The van der Waals surface area contributed by atoms with E-state index in [1.807, 2.05) is 42.1 Å². The van der Waals surface area contributed by atoms with E-state index >= 15 is 0 Å². The average Bonchev–Trinajstić information content (AvgIpc) is 2.56. The van der Waals surface area contributed by atoms with Crippen LogP contribution in [0.15, 0.2) is 30.3 Å². The molecule has 3 rings (SSSR count). The lowest BCUT2D eigenvalue weighted by Gasteiger charge is -2.48. The molecule has 4 nitrogen and oxygen atoms in total. The van der Waals surface area contributed by atoms with Crippen LogP contribution in [0.1, 0.15) is 25.7 Å². The predicted molar refractivity (Wildman–Crippen MR) is 86.8 cm³/mol. The molecule has 0 bridgehead atoms. The minimum atomic E-state index is -0.341. The Morgan fingerprint density at radius 1 is 1.23 bits per heavy atom. The second-order valence-corrected chi connectivity index (χ2v) is 7.11. The minimum Gasteiger partial charge on any atom is -0.378 e. The van der Waals surface area contributed by atoms with Crippen LogP contribution in [0.3, 0.4) is 0 Å². The van der Waals surface area contributed by atoms with Crippen LogP contribution in [-0.4, -0.2) is 43.2 Å². The molecule has 0 saturated carbocycles. The molecule has 2 fully saturated rings. The smallest absolute Gasteiger partial charge is 0.184 e. The molecule has 3 unspecified atom stereocenters. The number of benzene rings is 1. The monoisotopic (exact) mass is 324 g/mol. The fourth-order valence-corrected chi connectivity index (χ4v) is 4.20. The second kappa shape index (κ2) is 7.32. The lowest BCUT2D eigenvalue weighted by molar-refractivity contribution is -0.314. The molecule has 0 aromatic heterocycles. The summed E-state index contributed by atoms with van der Waals surface area (Å²) in [5, 5.41) is 0. The van der Waals surface area contributed by atoms with Crippen molar-refractivity contribution in [3.63, 3.8) is 0 Å². The van der Waals surface area contributed by atoms with Gasteiger partial charge in [-0.1, -0.05) is 44.2 Å². The van der Waals surface area contributed by atoms with Crippen molar-refractivity contribution in [2.75, 3.05) is 19.5 Å². The summed E-state index contributed by atoms with van der Waals surface area (Å²) in [5.74, 6) is 1.31. The van der Waals surface area contributed by atoms with Gasteiger partial charge in [-0.2, -0.15) is 0 Å². The fraction of sp³-hybridized carbons (Fsp3) is 0.647. The van der Waals surface area contributed by atoms with Crippen molar-refractivity contribution in [2.24, 2.45) is 5.92 Å². The number of rotatable bonds is 4. The maximum Gasteiger partial charge on any atom is 0.184 e. The van der Waals surface area contributed by atoms with Crippen molar-refractivity contribution in [2.45, 2.75) is 43.9 Å². The summed E-state index contributed by atoms with van der Waals surface area (Å²) in [6, 6.07) is 10.0. The van der Waals surface area contributed by atoms with E-state index in [-0.39, 0.29) is 36.0 Å². The zero-order chi connectivity index (χ0) is 15.5. The number of hydrogen-bond donors (Lipinski definition) is 0. The van der Waals surface area contributed by atoms with Crippen LogP contribution in [-0.2, 0) is 18.9 Å². The number of fused-ring (bicyclic) bond motifs is 1. The van der Waals surface area contributed by atoms with Gasteiger partial charge in [0.05, 0.1) is 12.7 Å². The maximum atomic E-state index is 6.20. The van der Waals surface area contributed by atoms with E-state index in [0.29, 0.717) is 6.61 Å². The molecule has 2 aliphatic heterocycles. The molecule has 6 atom stereocenters. The van der Waals surface area contributed by atoms with Crippen LogP contribution in [0.5, 0.6) is 0 Å². The molecule has 22 heavy (non-hydrogen) atoms. The van der Waals surface area contributed by atoms with Gasteiger partial charge in [-0.15, -0.1) is 11.8 Å². The maximum absolute atomic E-state index is 6.20. The zero-order valence-electron chi connectivity index (χ0n) is 13.3. The van der Waals surface area contributed by atoms with Crippen molar-refractivity contribution in [3.05, 3.63) is 35.9 Å². The van der Waals surface area contributed by atoms with E-state index in [1.54, 1.807) is 7.11 Å². The molecule has 2 aliphatic rings. The number of methoxy groups -OCH3 is 1. The van der Waals surface area contributed by atoms with Crippen LogP contribution in [0, 0.1) is 5.92 Å². The van der Waals surface area contributed by atoms with E-state index in [9.17, 15) is 0 Å². The van der Waals surface area contributed by atoms with Gasteiger partial charge in [-0.05, 0) is 5.75 Å². The molecule has 2 saturated heterocycles. The minimum absolute atomic E-state index is 0.0258. The van der Waals surface area contributed by atoms with E-state index in [4.69, 9.17) is 18.9 Å². The third-order valence-electron chi connectivity index (χ3n) is 4.31. The van der Waals surface area contributed by atoms with Crippen molar-refractivity contribution in [1.82, 2.24) is 0 Å². The SMILES string of the molecule is CCSC1OC2COC(c3ccccc3)O[C@@H]2[C@H](OC)[C@H]1C. The van der Waals surface area contributed by atoms with Gasteiger partial charge < -0.3 is 18.9 Å². The Kier molecular flexibility index (Phi) is 5.42. The molecule has 0 spiro atoms. The Hall–Kier alpha value is -0.590. The Morgan fingerprint density at radius 2 is 2.00 bits per heavy atom. The quantitative estimate of drug-likeness (QED) is 0.850. The molecule has 0 N–H and O–H groups in total. The molecule has 122 valence electrons. The van der Waals surface area contributed by atoms with Gasteiger partial charge in [0.2, 0.25) is 0 Å². The normalized spacial score (nSPS) is 38.5. The molecule has 1 aromatic carbocycles. The topological polar surface area (TPSA) is 36.9 Å². The van der Waals surface area contributed by atoms with Gasteiger partial charge in [0.15, 0.2) is 6.29 Å². The van der Waals surface area contributed by atoms with Crippen molar-refractivity contribution in [3.8, 4) is 0 Å². The second-order valence-electron chi connectivity index (χ2n) is 5.73. The molecule has 0 amide bonds. The van der Waals surface area contributed by atoms with Crippen molar-refractivity contribution < 1.29 is 18.9 Å². The number of thioether (sulfide) groups is 1. The standard InChI is InChI=1S/C17H24O4S/c1-4-22-17-11(2)14(18-3)15-13(20-17)10-19-16(21-15)12-8-6-5-7-9-12/h5-9,11,13-17H,4,10H2,1-3H3/t11-,13?,14-,15+,16?,17?/m1/s1. The molecular weight excluding hydrogens is 300 g/mol. The van der Waals surface area contributed by atoms with E-state index in [1.165, 1.54) is 0 Å². The van der Waals surface area contributed by atoms with Crippen LogP contribution < -0.4 is 0 Å². The predicted octanol–water partition coefficient (Wildman–Crippen LogP) is 3.23. The third kappa shape index (κ3) is 3.19. The Bertz CT molecular complexity index is 469. The molecule has 5 heteroatoms. The largest absolute Gasteiger partial charge is 0.378 e. The van der Waals surface area contributed by atoms with E-state index < -0.39 is 0 Å². The summed E-state index contributed by atoms with van der Waals surface area (Å²) in [7, 11) is 1.76. The fourth-order valence-electron chi connectivity index (χ4n) is 3.19. The van der Waals surface area contributed by atoms with Gasteiger partial charge in [0, 0.05) is 18.6 Å². The highest BCUT2D eigenvalue weighted by molar-refractivity contribution is 7.99. The van der Waals surface area contributed by atoms with Gasteiger partial charge in [-0.3, -0.25) is 0 Å². The summed E-state index contributed by atoms with van der Waals surface area (Å²) >= 11 is 1.82. The number of ether oxygens (including phenoxy) is 4. The molecule has 2 heterocycles. The lowest BCUT2D eigenvalue weighted by atomic mass is 9.92. The summed E-state index contributed by atoms with van der Waals surface area (Å²) in [6.45, 7) is 4.86. The summed E-state index contributed by atoms with van der Waals surface area (Å²) in [5.41, 5.74) is 1.17. The lowest BCUT2D eigenvalue weighted by Crippen LogP contribution is -2.58. The molecule has 0 radical (unpaired) electrons. The first-order valence-electron chi connectivity index (χ1n) is 7.86.